The van der Waals surface area contributed by atoms with Crippen LogP contribution in [0.15, 0.2) is 11.3 Å². The Balaban J connectivity index is -0.0000000693. The number of rotatable bonds is 9. The van der Waals surface area contributed by atoms with Crippen molar-refractivity contribution < 1.29 is 85.5 Å². The molecule has 272 valence electrons. The van der Waals surface area contributed by atoms with E-state index in [1.165, 1.54) is 26.7 Å². The van der Waals surface area contributed by atoms with E-state index in [0.29, 0.717) is 12.1 Å². The van der Waals surface area contributed by atoms with Crippen molar-refractivity contribution in [3.8, 4) is 0 Å². The van der Waals surface area contributed by atoms with Crippen LogP contribution in [0.25, 0.3) is 0 Å². The molecule has 0 spiro atoms. The Morgan fingerprint density at radius 3 is 1.32 bits per heavy atom. The molecule has 1 aromatic rings. The van der Waals surface area contributed by atoms with Crippen LogP contribution in [0.2, 0.25) is 0 Å². The number of nitrogens with two attached hydrogens (primary N) is 1. The smallest absolute Gasteiger partial charge is 0.502 e. The van der Waals surface area contributed by atoms with Crippen molar-refractivity contribution in [2.24, 2.45) is 5.73 Å². The topological polar surface area (TPSA) is 185 Å². The summed E-state index contributed by atoms with van der Waals surface area (Å²) in [6.07, 6.45) is 0.667. The normalized spacial score (nSPS) is 9.11. The van der Waals surface area contributed by atoms with Crippen LogP contribution in [0.5, 0.6) is 0 Å². The van der Waals surface area contributed by atoms with Gasteiger partial charge in [-0.2, -0.15) is 13.8 Å². The Bertz CT molecular complexity index is 1080. The molecule has 0 unspecified atom stereocenters. The summed E-state index contributed by atoms with van der Waals surface area (Å²) in [5.74, 6) is -1.55. The van der Waals surface area contributed by atoms with Crippen molar-refractivity contribution in [3.05, 3.63) is 55.1 Å². The van der Waals surface area contributed by atoms with E-state index in [2.05, 4.69) is 14.6 Å². The Labute approximate surface area is 312 Å². The number of allylic oxidation sites excluding steroid dienone is 1. The number of carbonyl (C=O) groups excluding carboxylic acids is 6. The summed E-state index contributed by atoms with van der Waals surface area (Å²) >= 11 is 0. The first kappa shape index (κ1) is 63.3. The predicted molar refractivity (Wildman–Crippen MR) is 179 cm³/mol. The largest absolute Gasteiger partial charge is 2.00 e. The van der Waals surface area contributed by atoms with Crippen molar-refractivity contribution in [1.29, 1.82) is 0 Å². The molecule has 0 radical (unpaired) electrons. The molecular weight excluding hydrogens is 950 g/mol. The van der Waals surface area contributed by atoms with Gasteiger partial charge in [-0.05, 0) is 34.6 Å². The molecule has 0 bridgehead atoms. The summed E-state index contributed by atoms with van der Waals surface area (Å²) in [7, 11) is 0. The van der Waals surface area contributed by atoms with Gasteiger partial charge in [-0.3, -0.25) is 14.4 Å². The first-order valence-electron chi connectivity index (χ1n) is 13.8. The summed E-state index contributed by atoms with van der Waals surface area (Å²) in [6, 6.07) is 1.08. The minimum Gasteiger partial charge on any atom is -0.502 e. The third kappa shape index (κ3) is 33.3. The van der Waals surface area contributed by atoms with Gasteiger partial charge in [0, 0.05) is 25.8 Å². The van der Waals surface area contributed by atoms with Gasteiger partial charge in [0.25, 0.3) is 0 Å². The second-order valence-electron chi connectivity index (χ2n) is 9.47. The number of Topliss-reactive ketones (excluding diaryl/α,β-unsaturated/α-hetero) is 4. The molecule has 1 rings (SSSR count). The van der Waals surface area contributed by atoms with E-state index >= 15 is 0 Å². The fourth-order valence-electron chi connectivity index (χ4n) is 2.10. The summed E-state index contributed by atoms with van der Waals surface area (Å²) < 4.78 is 10.6. The number of esters is 2. The van der Waals surface area contributed by atoms with Crippen LogP contribution in [0.4, 0.5) is 0 Å². The third-order valence-electron chi connectivity index (χ3n) is 4.99. The molecule has 0 aliphatic rings. The Morgan fingerprint density at radius 2 is 1.15 bits per heavy atom. The van der Waals surface area contributed by atoms with Gasteiger partial charge in [0.05, 0.1) is 13.2 Å². The molecule has 0 saturated carbocycles. The molecule has 0 saturated heterocycles. The van der Waals surface area contributed by atoms with Crippen LogP contribution in [-0.2, 0) is 75.6 Å². The first-order chi connectivity index (χ1) is 19.7. The van der Waals surface area contributed by atoms with Gasteiger partial charge in [-0.15, -0.1) is 18.3 Å². The number of ether oxygens (including phenoxy) is 2. The molecule has 47 heavy (non-hydrogen) atoms. The van der Waals surface area contributed by atoms with Gasteiger partial charge in [0.1, 0.15) is 11.5 Å². The molecule has 0 fully saturated rings. The fourth-order valence-corrected chi connectivity index (χ4v) is 2.10. The van der Waals surface area contributed by atoms with Crippen LogP contribution < -0.4 is 5.73 Å². The number of hydrogen-bond acceptors (Lipinski definition) is 11. The maximum atomic E-state index is 11.2. The van der Waals surface area contributed by atoms with Crippen molar-refractivity contribution in [2.75, 3.05) is 19.8 Å². The maximum absolute atomic E-state index is 11.2. The summed E-state index contributed by atoms with van der Waals surface area (Å²) in [5, 5.41) is 13.3. The number of aliphatic hydroxyl groups is 1. The van der Waals surface area contributed by atoms with E-state index < -0.39 is 23.5 Å². The zero-order valence-corrected chi connectivity index (χ0v) is 37.2. The van der Waals surface area contributed by atoms with Crippen LogP contribution in [0.3, 0.4) is 0 Å². The van der Waals surface area contributed by atoms with Gasteiger partial charge in [-0.1, -0.05) is 40.2 Å². The Kier molecular flexibility index (Phi) is 49.0. The predicted octanol–water partition coefficient (Wildman–Crippen LogP) is 5.67. The van der Waals surface area contributed by atoms with E-state index in [1.54, 1.807) is 27.7 Å². The van der Waals surface area contributed by atoms with Gasteiger partial charge in [0.15, 0.2) is 11.6 Å². The van der Waals surface area contributed by atoms with Gasteiger partial charge in [0.2, 0.25) is 11.5 Å². The van der Waals surface area contributed by atoms with Gasteiger partial charge >= 0.3 is 54.1 Å². The quantitative estimate of drug-likeness (QED) is 0.0776. The minimum absolute atomic E-state index is 0. The van der Waals surface area contributed by atoms with E-state index in [-0.39, 0.29) is 93.1 Å². The average Bonchev–Trinajstić information content (AvgIpc) is 3.23. The summed E-state index contributed by atoms with van der Waals surface area (Å²) in [4.78, 5) is 62.7. The monoisotopic (exact) mass is 1010 g/mol. The van der Waals surface area contributed by atoms with Crippen LogP contribution in [0, 0.1) is 40.7 Å². The molecule has 14 heteroatoms. The van der Waals surface area contributed by atoms with E-state index in [9.17, 15) is 28.8 Å². The number of aromatic nitrogens is 2. The number of hydrogen-bond donors (Lipinski definition) is 2. The van der Waals surface area contributed by atoms with Crippen LogP contribution >= 0.6 is 0 Å². The van der Waals surface area contributed by atoms with Crippen molar-refractivity contribution in [1.82, 2.24) is 9.78 Å². The Hall–Kier alpha value is -2.42. The van der Waals surface area contributed by atoms with Gasteiger partial charge < -0.3 is 50.6 Å². The zero-order chi connectivity index (χ0) is 35.0. The Morgan fingerprint density at radius 1 is 0.787 bits per heavy atom. The maximum Gasteiger partial charge on any atom is 2.00 e. The zero-order valence-electron chi connectivity index (χ0n) is 31.3. The van der Waals surface area contributed by atoms with E-state index in [0.717, 1.165) is 23.8 Å². The van der Waals surface area contributed by atoms with Gasteiger partial charge in [-0.25, -0.2) is 14.7 Å². The summed E-state index contributed by atoms with van der Waals surface area (Å²) in [5.41, 5.74) is 7.76. The molecule has 3 N–H and O–H groups in total. The number of carbonyl (C=O) groups is 6. The molecule has 1 aromatic heterocycles. The second-order valence-corrected chi connectivity index (χ2v) is 9.47. The van der Waals surface area contributed by atoms with E-state index in [1.807, 2.05) is 53.1 Å². The van der Waals surface area contributed by atoms with Crippen LogP contribution in [-0.4, -0.2) is 69.7 Å². The van der Waals surface area contributed by atoms with Crippen LogP contribution in [0.1, 0.15) is 111 Å². The molecule has 12 nitrogen and oxygen atoms in total. The first-order valence-corrected chi connectivity index (χ1v) is 13.8. The van der Waals surface area contributed by atoms with Crippen molar-refractivity contribution >= 4 is 35.1 Å². The molecule has 0 aliphatic heterocycles. The average molecular weight is 1010 g/mol. The molecule has 0 amide bonds. The minimum atomic E-state index is -0.856. The molecule has 1 heterocycles. The number of nitrogens with zero attached hydrogens (tertiary/aromatic N) is 2. The SMILES string of the molecule is CC(=O)c1nn([C-](C)C)c(C)c1C.CCC(C)=O.CCOC(=O)C(C)=O.CCOC(=O)C(O)=C(C)C(C)=O.C[C-](C)CN.[CH3-].[CH3-].[W+2].[W+2]. The number of aliphatic hydroxyl groups excluding tert-OH is 1. The van der Waals surface area contributed by atoms with E-state index in [4.69, 9.17) is 10.8 Å². The molecule has 0 aliphatic carbocycles. The standard InChI is InChI=1S/C10H15N2O.C8H12O4.C5H8O3.C4H10N.C4H8O.2CH3.2W/c1-6(2)12-8(4)7(3)10(11-12)9(5)13;1-4-12-8(11)7(10)5(2)6(3)9;1-3-8-5(7)4(2)6;1-4(2)3-5;1-3-4(2)5;;;;/h1-5H3;10H,4H2,1-3H3;3H2,1-2H3;3,5H2,1-2H3;3H2,1-2H3;2*1H3;;/q-1;;;-1;;2*-1;2*+2. The molecule has 0 aromatic carbocycles. The second kappa shape index (κ2) is 36.4. The van der Waals surface area contributed by atoms with Crippen molar-refractivity contribution in [3.63, 3.8) is 0 Å². The molecular formula is C33H59N3O9W2. The number of ketones is 4. The van der Waals surface area contributed by atoms with Crippen molar-refractivity contribution in [2.45, 2.75) is 103 Å². The third-order valence-corrected chi connectivity index (χ3v) is 4.99. The molecule has 0 atom stereocenters. The summed E-state index contributed by atoms with van der Waals surface area (Å²) in [6.45, 7) is 25.1. The fraction of sp³-hybridized carbons (Fsp3) is 0.545.